The van der Waals surface area contributed by atoms with Gasteiger partial charge in [0.25, 0.3) is 0 Å². The lowest BCUT2D eigenvalue weighted by atomic mass is 10.2. The van der Waals surface area contributed by atoms with E-state index >= 15 is 0 Å². The molecule has 1 aromatic heterocycles. The van der Waals surface area contributed by atoms with E-state index in [1.54, 1.807) is 0 Å². The molecule has 1 aromatic carbocycles. The molecule has 0 atom stereocenters. The first-order valence-corrected chi connectivity index (χ1v) is 10.2. The van der Waals surface area contributed by atoms with Gasteiger partial charge in [-0.05, 0) is 30.2 Å². The van der Waals surface area contributed by atoms with E-state index in [0.717, 1.165) is 44.2 Å². The van der Waals surface area contributed by atoms with Crippen LogP contribution in [0.3, 0.4) is 0 Å². The molecule has 9 heteroatoms. The molecular formula is C20H30ClIN6O. The van der Waals surface area contributed by atoms with E-state index in [1.807, 2.05) is 31.3 Å². The molecule has 0 saturated carbocycles. The van der Waals surface area contributed by atoms with Crippen LogP contribution in [0.25, 0.3) is 11.4 Å². The first-order chi connectivity index (χ1) is 13.5. The minimum absolute atomic E-state index is 0. The van der Waals surface area contributed by atoms with Crippen molar-refractivity contribution in [2.24, 2.45) is 10.9 Å². The molecule has 0 spiro atoms. The van der Waals surface area contributed by atoms with Gasteiger partial charge in [0.15, 0.2) is 5.96 Å². The second kappa shape index (κ2) is 11.7. The van der Waals surface area contributed by atoms with Crippen LogP contribution in [0.5, 0.6) is 0 Å². The molecule has 2 heterocycles. The fraction of sp³-hybridized carbons (Fsp3) is 0.550. The molecule has 2 aromatic rings. The summed E-state index contributed by atoms with van der Waals surface area (Å²) in [4.78, 5) is 13.7. The van der Waals surface area contributed by atoms with Crippen LogP contribution in [0.4, 0.5) is 0 Å². The lowest BCUT2D eigenvalue weighted by molar-refractivity contribution is 0.164. The van der Waals surface area contributed by atoms with E-state index in [9.17, 15) is 0 Å². The molecule has 1 aliphatic heterocycles. The van der Waals surface area contributed by atoms with Gasteiger partial charge in [0.1, 0.15) is 0 Å². The second-order valence-corrected chi connectivity index (χ2v) is 7.86. The topological polar surface area (TPSA) is 69.8 Å². The highest BCUT2D eigenvalue weighted by Gasteiger charge is 2.20. The van der Waals surface area contributed by atoms with Crippen LogP contribution in [0.15, 0.2) is 33.8 Å². The largest absolute Gasteiger partial charge is 0.356 e. The molecule has 160 valence electrons. The van der Waals surface area contributed by atoms with E-state index in [0.29, 0.717) is 35.6 Å². The van der Waals surface area contributed by atoms with Crippen molar-refractivity contribution in [3.63, 3.8) is 0 Å². The van der Waals surface area contributed by atoms with Gasteiger partial charge >= 0.3 is 0 Å². The van der Waals surface area contributed by atoms with Gasteiger partial charge in [-0.2, -0.15) is 4.98 Å². The summed E-state index contributed by atoms with van der Waals surface area (Å²) in [5, 5.41) is 8.15. The standard InChI is InChI=1S/C20H29ClN6O.HI/c1-15(2)14-26-10-12-27(13-11-26)20(22-3)23-9-8-18-24-19(25-28-18)16-4-6-17(21)7-5-16;/h4-7,15H,8-14H2,1-3H3,(H,22,23);1H. The Hall–Kier alpha value is -1.39. The van der Waals surface area contributed by atoms with Gasteiger partial charge in [-0.3, -0.25) is 9.89 Å². The molecule has 29 heavy (non-hydrogen) atoms. The van der Waals surface area contributed by atoms with E-state index in [2.05, 4.69) is 44.1 Å². The van der Waals surface area contributed by atoms with Crippen LogP contribution in [0.1, 0.15) is 19.7 Å². The fourth-order valence-electron chi connectivity index (χ4n) is 3.34. The summed E-state index contributed by atoms with van der Waals surface area (Å²) >= 11 is 5.92. The summed E-state index contributed by atoms with van der Waals surface area (Å²) in [5.41, 5.74) is 0.891. The summed E-state index contributed by atoms with van der Waals surface area (Å²) in [5.74, 6) is 2.82. The zero-order valence-corrected chi connectivity index (χ0v) is 20.4. The molecule has 7 nitrogen and oxygen atoms in total. The van der Waals surface area contributed by atoms with Crippen molar-refractivity contribution >= 4 is 41.5 Å². The Kier molecular flexibility index (Phi) is 9.64. The van der Waals surface area contributed by atoms with Crippen LogP contribution in [-0.4, -0.2) is 72.2 Å². The minimum Gasteiger partial charge on any atom is -0.356 e. The van der Waals surface area contributed by atoms with Crippen molar-refractivity contribution in [2.45, 2.75) is 20.3 Å². The van der Waals surface area contributed by atoms with Crippen molar-refractivity contribution < 1.29 is 4.52 Å². The van der Waals surface area contributed by atoms with Crippen LogP contribution in [0, 0.1) is 5.92 Å². The number of nitrogens with zero attached hydrogens (tertiary/aromatic N) is 5. The molecule has 3 rings (SSSR count). The molecule has 0 bridgehead atoms. The van der Waals surface area contributed by atoms with Gasteiger partial charge in [0.2, 0.25) is 11.7 Å². The number of hydrogen-bond acceptors (Lipinski definition) is 5. The van der Waals surface area contributed by atoms with Gasteiger partial charge in [-0.1, -0.05) is 30.6 Å². The first kappa shape index (κ1) is 23.9. The number of halogens is 2. The predicted octanol–water partition coefficient (Wildman–Crippen LogP) is 3.40. The highest BCUT2D eigenvalue weighted by atomic mass is 127. The number of guanidine groups is 1. The summed E-state index contributed by atoms with van der Waals surface area (Å²) in [6, 6.07) is 7.41. The van der Waals surface area contributed by atoms with Crippen LogP contribution >= 0.6 is 35.6 Å². The lowest BCUT2D eigenvalue weighted by Crippen LogP contribution is -2.53. The van der Waals surface area contributed by atoms with Gasteiger partial charge < -0.3 is 14.7 Å². The highest BCUT2D eigenvalue weighted by molar-refractivity contribution is 14.0. The van der Waals surface area contributed by atoms with Crippen molar-refractivity contribution in [1.82, 2.24) is 25.3 Å². The lowest BCUT2D eigenvalue weighted by Gasteiger charge is -2.37. The smallest absolute Gasteiger partial charge is 0.228 e. The van der Waals surface area contributed by atoms with Crippen molar-refractivity contribution in [3.8, 4) is 11.4 Å². The maximum absolute atomic E-state index is 5.92. The zero-order valence-electron chi connectivity index (χ0n) is 17.3. The average molecular weight is 533 g/mol. The van der Waals surface area contributed by atoms with Gasteiger partial charge in [-0.15, -0.1) is 24.0 Å². The maximum Gasteiger partial charge on any atom is 0.228 e. The number of benzene rings is 1. The molecule has 1 fully saturated rings. The normalized spacial score (nSPS) is 15.5. The Morgan fingerprint density at radius 3 is 2.52 bits per heavy atom. The van der Waals surface area contributed by atoms with E-state index in [4.69, 9.17) is 16.1 Å². The Labute approximate surface area is 194 Å². The Balaban J connectivity index is 0.00000300. The summed E-state index contributed by atoms with van der Waals surface area (Å²) < 4.78 is 5.37. The summed E-state index contributed by atoms with van der Waals surface area (Å²) in [6.45, 7) is 10.5. The monoisotopic (exact) mass is 532 g/mol. The predicted molar refractivity (Wildman–Crippen MR) is 128 cm³/mol. The average Bonchev–Trinajstić information content (AvgIpc) is 3.15. The third-order valence-electron chi connectivity index (χ3n) is 4.70. The Morgan fingerprint density at radius 1 is 1.21 bits per heavy atom. The number of rotatable bonds is 6. The van der Waals surface area contributed by atoms with Gasteiger partial charge in [0, 0.05) is 63.3 Å². The number of piperazine rings is 1. The Bertz CT molecular complexity index is 772. The van der Waals surface area contributed by atoms with Crippen LogP contribution in [-0.2, 0) is 6.42 Å². The zero-order chi connectivity index (χ0) is 19.9. The molecular weight excluding hydrogens is 503 g/mol. The molecule has 0 radical (unpaired) electrons. The molecule has 1 saturated heterocycles. The number of nitrogens with one attached hydrogen (secondary N) is 1. The number of aromatic nitrogens is 2. The molecule has 0 amide bonds. The van der Waals surface area contributed by atoms with Crippen molar-refractivity contribution in [3.05, 3.63) is 35.2 Å². The van der Waals surface area contributed by atoms with Crippen molar-refractivity contribution in [2.75, 3.05) is 46.3 Å². The molecule has 0 unspecified atom stereocenters. The van der Waals surface area contributed by atoms with Crippen molar-refractivity contribution in [1.29, 1.82) is 0 Å². The highest BCUT2D eigenvalue weighted by Crippen LogP contribution is 2.18. The van der Waals surface area contributed by atoms with E-state index < -0.39 is 0 Å². The molecule has 1 N–H and O–H groups in total. The summed E-state index contributed by atoms with van der Waals surface area (Å²) in [7, 11) is 1.83. The Morgan fingerprint density at radius 2 is 1.90 bits per heavy atom. The molecule has 1 aliphatic rings. The first-order valence-electron chi connectivity index (χ1n) is 9.81. The minimum atomic E-state index is 0. The summed E-state index contributed by atoms with van der Waals surface area (Å²) in [6.07, 6.45) is 0.646. The maximum atomic E-state index is 5.92. The fourth-order valence-corrected chi connectivity index (χ4v) is 3.47. The second-order valence-electron chi connectivity index (χ2n) is 7.42. The number of hydrogen-bond donors (Lipinski definition) is 1. The third kappa shape index (κ3) is 7.11. The number of aliphatic imine (C=N–C) groups is 1. The van der Waals surface area contributed by atoms with Crippen LogP contribution < -0.4 is 5.32 Å². The molecule has 0 aliphatic carbocycles. The van der Waals surface area contributed by atoms with E-state index in [1.165, 1.54) is 0 Å². The van der Waals surface area contributed by atoms with Gasteiger partial charge in [0.05, 0.1) is 0 Å². The quantitative estimate of drug-likeness (QED) is 0.349. The van der Waals surface area contributed by atoms with Crippen LogP contribution in [0.2, 0.25) is 5.02 Å². The SMILES string of the molecule is CN=C(NCCc1nc(-c2ccc(Cl)cc2)no1)N1CCN(CC(C)C)CC1.I. The van der Waals surface area contributed by atoms with Gasteiger partial charge in [-0.25, -0.2) is 0 Å². The van der Waals surface area contributed by atoms with E-state index in [-0.39, 0.29) is 24.0 Å². The third-order valence-corrected chi connectivity index (χ3v) is 4.95.